The number of nitrogens with two attached hydrogens (primary N) is 1. The van der Waals surface area contributed by atoms with E-state index in [1.165, 1.54) is 0 Å². The Hall–Kier alpha value is -2.82. The minimum Gasteiger partial charge on any atom is -0.322 e. The number of hydrogen-bond acceptors (Lipinski definition) is 8. The standard InChI is InChI=1S/C24H27ClN6O2S/c1-31(2)15-14-28-16-21(32)24(26,17-9-12-27-13-10-17)34-23-20(4-3-11-29-23)22(33)30-19-7-5-18(25)6-8-19/h3-13,28H,14-16,26H2,1-2H3,(H,30,33). The molecular weight excluding hydrogens is 472 g/mol. The number of carbonyl (C=O) groups excluding carboxylic acids is 2. The molecule has 10 heteroatoms. The fourth-order valence-corrected chi connectivity index (χ4v) is 4.30. The highest BCUT2D eigenvalue weighted by Crippen LogP contribution is 2.38. The van der Waals surface area contributed by atoms with Crippen molar-refractivity contribution in [2.45, 2.75) is 9.90 Å². The lowest BCUT2D eigenvalue weighted by molar-refractivity contribution is -0.120. The van der Waals surface area contributed by atoms with Gasteiger partial charge in [0.05, 0.1) is 12.1 Å². The second-order valence-electron chi connectivity index (χ2n) is 7.79. The van der Waals surface area contributed by atoms with Crippen molar-refractivity contribution >= 4 is 40.7 Å². The summed E-state index contributed by atoms with van der Waals surface area (Å²) in [6, 6.07) is 13.5. The molecule has 3 aromatic rings. The molecule has 1 amide bonds. The third-order valence-corrected chi connectivity index (χ3v) is 6.48. The first-order valence-electron chi connectivity index (χ1n) is 10.6. The Morgan fingerprint density at radius 3 is 2.47 bits per heavy atom. The Morgan fingerprint density at radius 1 is 1.09 bits per heavy atom. The normalized spacial score (nSPS) is 12.9. The minimum absolute atomic E-state index is 0.0683. The van der Waals surface area contributed by atoms with E-state index in [-0.39, 0.29) is 18.2 Å². The average Bonchev–Trinajstić information content (AvgIpc) is 2.83. The van der Waals surface area contributed by atoms with Gasteiger partial charge in [-0.15, -0.1) is 0 Å². The minimum atomic E-state index is -1.47. The number of amides is 1. The van der Waals surface area contributed by atoms with E-state index in [1.54, 1.807) is 67.1 Å². The smallest absolute Gasteiger partial charge is 0.258 e. The maximum absolute atomic E-state index is 13.3. The first kappa shape index (κ1) is 25.8. The number of ketones is 1. The third-order valence-electron chi connectivity index (χ3n) is 4.92. The molecule has 2 heterocycles. The van der Waals surface area contributed by atoms with Gasteiger partial charge < -0.3 is 21.3 Å². The third kappa shape index (κ3) is 6.85. The zero-order chi connectivity index (χ0) is 24.6. The van der Waals surface area contributed by atoms with Crippen molar-refractivity contribution in [2.24, 2.45) is 5.73 Å². The van der Waals surface area contributed by atoms with Gasteiger partial charge in [-0.05, 0) is 68.2 Å². The van der Waals surface area contributed by atoms with E-state index in [2.05, 4.69) is 20.6 Å². The Balaban J connectivity index is 1.86. The summed E-state index contributed by atoms with van der Waals surface area (Å²) in [6.07, 6.45) is 4.72. The van der Waals surface area contributed by atoms with Gasteiger partial charge in [-0.1, -0.05) is 23.4 Å². The molecule has 2 aromatic heterocycles. The molecule has 0 aliphatic rings. The van der Waals surface area contributed by atoms with E-state index in [4.69, 9.17) is 17.3 Å². The van der Waals surface area contributed by atoms with Crippen molar-refractivity contribution in [2.75, 3.05) is 39.0 Å². The monoisotopic (exact) mass is 498 g/mol. The lowest BCUT2D eigenvalue weighted by atomic mass is 10.0. The fourth-order valence-electron chi connectivity index (χ4n) is 3.04. The number of nitrogens with one attached hydrogen (secondary N) is 2. The molecule has 8 nitrogen and oxygen atoms in total. The Bertz CT molecular complexity index is 1110. The maximum atomic E-state index is 13.3. The average molecular weight is 499 g/mol. The number of hydrogen-bond donors (Lipinski definition) is 3. The molecule has 0 aliphatic carbocycles. The van der Waals surface area contributed by atoms with Gasteiger partial charge in [-0.2, -0.15) is 0 Å². The van der Waals surface area contributed by atoms with Crippen molar-refractivity contribution in [3.05, 3.63) is 83.3 Å². The fraction of sp³-hybridized carbons (Fsp3) is 0.250. The molecule has 4 N–H and O–H groups in total. The van der Waals surface area contributed by atoms with Crippen LogP contribution in [0.4, 0.5) is 5.69 Å². The molecule has 0 bridgehead atoms. The topological polar surface area (TPSA) is 113 Å². The Kier molecular flexibility index (Phi) is 9.14. The lowest BCUT2D eigenvalue weighted by Gasteiger charge is -2.28. The Morgan fingerprint density at radius 2 is 1.79 bits per heavy atom. The predicted octanol–water partition coefficient (Wildman–Crippen LogP) is 3.01. The zero-order valence-electron chi connectivity index (χ0n) is 19.0. The van der Waals surface area contributed by atoms with Crippen molar-refractivity contribution in [1.29, 1.82) is 0 Å². The molecule has 3 rings (SSSR count). The summed E-state index contributed by atoms with van der Waals surface area (Å²) < 4.78 is 0. The number of benzene rings is 1. The number of rotatable bonds is 11. The molecule has 1 atom stereocenters. The molecule has 0 spiro atoms. The van der Waals surface area contributed by atoms with Gasteiger partial charge in [0.2, 0.25) is 0 Å². The van der Waals surface area contributed by atoms with Gasteiger partial charge in [-0.25, -0.2) is 4.98 Å². The van der Waals surface area contributed by atoms with Crippen LogP contribution in [0.25, 0.3) is 0 Å². The van der Waals surface area contributed by atoms with E-state index < -0.39 is 4.87 Å². The second kappa shape index (κ2) is 12.0. The molecular formula is C24H27ClN6O2S. The van der Waals surface area contributed by atoms with Crippen molar-refractivity contribution < 1.29 is 9.59 Å². The number of halogens is 1. The van der Waals surface area contributed by atoms with Crippen LogP contribution >= 0.6 is 23.4 Å². The van der Waals surface area contributed by atoms with Crippen LogP contribution in [0.2, 0.25) is 5.02 Å². The summed E-state index contributed by atoms with van der Waals surface area (Å²) in [7, 11) is 3.92. The number of thioether (sulfide) groups is 1. The largest absolute Gasteiger partial charge is 0.322 e. The molecule has 0 saturated heterocycles. The molecule has 0 fully saturated rings. The van der Waals surface area contributed by atoms with Gasteiger partial charge >= 0.3 is 0 Å². The first-order valence-corrected chi connectivity index (χ1v) is 11.8. The highest BCUT2D eigenvalue weighted by Gasteiger charge is 2.38. The van der Waals surface area contributed by atoms with Crippen LogP contribution < -0.4 is 16.4 Å². The number of likely N-dealkylation sites (N-methyl/N-ethyl adjacent to an activating group) is 1. The molecule has 0 saturated carbocycles. The summed E-state index contributed by atoms with van der Waals surface area (Å²) in [6.45, 7) is 1.48. The van der Waals surface area contributed by atoms with Crippen molar-refractivity contribution in [3.63, 3.8) is 0 Å². The van der Waals surface area contributed by atoms with Crippen LogP contribution in [0.3, 0.4) is 0 Å². The summed E-state index contributed by atoms with van der Waals surface area (Å²) >= 11 is 6.97. The highest BCUT2D eigenvalue weighted by molar-refractivity contribution is 8.01. The van der Waals surface area contributed by atoms with Gasteiger partial charge in [-0.3, -0.25) is 14.6 Å². The zero-order valence-corrected chi connectivity index (χ0v) is 20.6. The summed E-state index contributed by atoms with van der Waals surface area (Å²) in [5.74, 6) is -0.608. The van der Waals surface area contributed by atoms with Gasteiger partial charge in [0.25, 0.3) is 5.91 Å². The molecule has 0 radical (unpaired) electrons. The lowest BCUT2D eigenvalue weighted by Crippen LogP contribution is -2.47. The van der Waals surface area contributed by atoms with E-state index in [0.717, 1.165) is 18.3 Å². The van der Waals surface area contributed by atoms with Crippen LogP contribution in [0.1, 0.15) is 15.9 Å². The number of Topliss-reactive ketones (excluding diaryl/α,β-unsaturated/α-hetero) is 1. The predicted molar refractivity (Wildman–Crippen MR) is 136 cm³/mol. The number of carbonyl (C=O) groups is 2. The molecule has 178 valence electrons. The van der Waals surface area contributed by atoms with E-state index in [0.29, 0.717) is 33.4 Å². The van der Waals surface area contributed by atoms with Gasteiger partial charge in [0.1, 0.15) is 5.03 Å². The van der Waals surface area contributed by atoms with Crippen LogP contribution in [-0.2, 0) is 9.67 Å². The number of nitrogens with zero attached hydrogens (tertiary/aromatic N) is 3. The van der Waals surface area contributed by atoms with Crippen LogP contribution in [0.5, 0.6) is 0 Å². The van der Waals surface area contributed by atoms with Crippen molar-refractivity contribution in [1.82, 2.24) is 20.2 Å². The quantitative estimate of drug-likeness (QED) is 0.210. The molecule has 34 heavy (non-hydrogen) atoms. The van der Waals surface area contributed by atoms with E-state index >= 15 is 0 Å². The Labute approximate surface area is 208 Å². The highest BCUT2D eigenvalue weighted by atomic mass is 35.5. The van der Waals surface area contributed by atoms with Crippen molar-refractivity contribution in [3.8, 4) is 0 Å². The molecule has 0 aliphatic heterocycles. The van der Waals surface area contributed by atoms with Crippen LogP contribution in [-0.4, -0.2) is 60.3 Å². The van der Waals surface area contributed by atoms with Gasteiger partial charge in [0, 0.05) is 42.4 Å². The summed E-state index contributed by atoms with van der Waals surface area (Å²) in [5, 5.41) is 6.88. The summed E-state index contributed by atoms with van der Waals surface area (Å²) in [5.41, 5.74) is 8.19. The maximum Gasteiger partial charge on any atom is 0.258 e. The first-order chi connectivity index (χ1) is 16.3. The SMILES string of the molecule is CN(C)CCNCC(=O)C(N)(Sc1ncccc1C(=O)Nc1ccc(Cl)cc1)c1ccncc1. The van der Waals surface area contributed by atoms with E-state index in [9.17, 15) is 9.59 Å². The number of anilines is 1. The number of pyridine rings is 2. The van der Waals surface area contributed by atoms with Gasteiger partial charge in [0.15, 0.2) is 10.7 Å². The molecule has 1 aromatic carbocycles. The van der Waals surface area contributed by atoms with Crippen LogP contribution in [0, 0.1) is 0 Å². The van der Waals surface area contributed by atoms with Crippen LogP contribution in [0.15, 0.2) is 72.1 Å². The number of aromatic nitrogens is 2. The summed E-state index contributed by atoms with van der Waals surface area (Å²) in [4.78, 5) is 35.3. The molecule has 1 unspecified atom stereocenters. The van der Waals surface area contributed by atoms with E-state index in [1.807, 2.05) is 19.0 Å². The second-order valence-corrected chi connectivity index (χ2v) is 9.47.